The van der Waals surface area contributed by atoms with Crippen LogP contribution in [0.5, 0.6) is 11.5 Å². The van der Waals surface area contributed by atoms with E-state index in [4.69, 9.17) is 14.2 Å². The number of thiophene rings is 2. The van der Waals surface area contributed by atoms with E-state index in [0.717, 1.165) is 50.5 Å². The minimum Gasteiger partial charge on any atom is -0.490 e. The van der Waals surface area contributed by atoms with E-state index in [1.54, 1.807) is 22.7 Å². The van der Waals surface area contributed by atoms with Crippen molar-refractivity contribution in [3.8, 4) is 11.5 Å². The topological polar surface area (TPSA) is 51.8 Å². The summed E-state index contributed by atoms with van der Waals surface area (Å²) in [4.78, 5) is 2.49. The van der Waals surface area contributed by atoms with Gasteiger partial charge in [-0.3, -0.25) is 0 Å². The number of ether oxygens (including phenoxy) is 3. The van der Waals surface area contributed by atoms with Crippen LogP contribution in [0.25, 0.3) is 0 Å². The summed E-state index contributed by atoms with van der Waals surface area (Å²) >= 11 is 3.45. The fraction of sp³-hybridized carbons (Fsp3) is 0.600. The predicted molar refractivity (Wildman–Crippen MR) is 114 cm³/mol. The van der Waals surface area contributed by atoms with E-state index in [1.807, 2.05) is 12.1 Å². The van der Waals surface area contributed by atoms with Crippen LogP contribution in [0.1, 0.15) is 36.4 Å². The zero-order valence-corrected chi connectivity index (χ0v) is 18.1. The van der Waals surface area contributed by atoms with Crippen LogP contribution in [0.4, 0.5) is 0 Å². The normalized spacial score (nSPS) is 11.0. The largest absolute Gasteiger partial charge is 0.490 e. The minimum absolute atomic E-state index is 0.558. The van der Waals surface area contributed by atoms with Crippen molar-refractivity contribution in [2.75, 3.05) is 39.5 Å². The molecule has 2 aromatic heterocycles. The summed E-state index contributed by atoms with van der Waals surface area (Å²) in [5.41, 5.74) is 0. The first kappa shape index (κ1) is 22.2. The highest BCUT2D eigenvalue weighted by molar-refractivity contribution is 7.10. The second-order valence-corrected chi connectivity index (χ2v) is 8.08. The van der Waals surface area contributed by atoms with E-state index < -0.39 is 0 Å². The van der Waals surface area contributed by atoms with Crippen molar-refractivity contribution in [2.24, 2.45) is 0 Å². The van der Waals surface area contributed by atoms with Crippen molar-refractivity contribution in [2.45, 2.75) is 39.8 Å². The highest BCUT2D eigenvalue weighted by Crippen LogP contribution is 2.25. The molecule has 2 N–H and O–H groups in total. The third-order valence-electron chi connectivity index (χ3n) is 3.80. The average molecular weight is 413 g/mol. The Labute approximate surface area is 171 Å². The molecule has 0 spiro atoms. The average Bonchev–Trinajstić information content (AvgIpc) is 3.31. The molecule has 2 rings (SSSR count). The maximum Gasteiger partial charge on any atom is 0.134 e. The molecule has 0 fully saturated rings. The lowest BCUT2D eigenvalue weighted by Gasteiger charge is -2.10. The Bertz CT molecular complexity index is 564. The zero-order valence-electron chi connectivity index (χ0n) is 16.4. The van der Waals surface area contributed by atoms with Crippen molar-refractivity contribution in [3.05, 3.63) is 32.6 Å². The van der Waals surface area contributed by atoms with Gasteiger partial charge in [-0.25, -0.2) is 0 Å². The molecule has 2 aromatic rings. The van der Waals surface area contributed by atoms with Gasteiger partial charge in [0.05, 0.1) is 23.0 Å². The maximum absolute atomic E-state index is 5.83. The molecule has 2 heterocycles. The molecular formula is C20H32N2O3S2. The van der Waals surface area contributed by atoms with Gasteiger partial charge in [0.25, 0.3) is 0 Å². The quantitative estimate of drug-likeness (QED) is 0.403. The Balaban J connectivity index is 1.54. The number of rotatable bonds is 16. The van der Waals surface area contributed by atoms with Crippen LogP contribution in [-0.4, -0.2) is 39.5 Å². The zero-order chi connectivity index (χ0) is 19.2. The van der Waals surface area contributed by atoms with Crippen LogP contribution in [-0.2, 0) is 17.8 Å². The number of hydrogen-bond donors (Lipinski definition) is 2. The van der Waals surface area contributed by atoms with Crippen LogP contribution in [0.3, 0.4) is 0 Å². The van der Waals surface area contributed by atoms with Gasteiger partial charge < -0.3 is 24.8 Å². The lowest BCUT2D eigenvalue weighted by molar-refractivity contribution is 0.0762. The van der Waals surface area contributed by atoms with Gasteiger partial charge in [0.15, 0.2) is 0 Å². The molecule has 7 heteroatoms. The number of hydrogen-bond acceptors (Lipinski definition) is 7. The standard InChI is InChI=1S/C20H32N2O3S2/c1-3-7-21-15-19-17(5-13-26-19)24-11-9-23-10-12-25-18-6-14-27-20(18)16-22-8-4-2/h5-6,13-14,21-22H,3-4,7-12,15-16H2,1-2H3. The molecule has 0 aliphatic carbocycles. The van der Waals surface area contributed by atoms with E-state index in [1.165, 1.54) is 9.75 Å². The van der Waals surface area contributed by atoms with Crippen LogP contribution >= 0.6 is 22.7 Å². The summed E-state index contributed by atoms with van der Waals surface area (Å²) in [6.45, 7) is 10.4. The first-order valence-corrected chi connectivity index (χ1v) is 11.5. The van der Waals surface area contributed by atoms with Gasteiger partial charge in [-0.2, -0.15) is 0 Å². The van der Waals surface area contributed by atoms with Crippen molar-refractivity contribution in [1.82, 2.24) is 10.6 Å². The second kappa shape index (κ2) is 14.0. The van der Waals surface area contributed by atoms with Crippen molar-refractivity contribution in [1.29, 1.82) is 0 Å². The molecule has 0 amide bonds. The summed E-state index contributed by atoms with van der Waals surface area (Å²) in [7, 11) is 0. The molecule has 0 aliphatic heterocycles. The van der Waals surface area contributed by atoms with Crippen molar-refractivity contribution in [3.63, 3.8) is 0 Å². The van der Waals surface area contributed by atoms with Crippen molar-refractivity contribution >= 4 is 22.7 Å². The molecule has 152 valence electrons. The van der Waals surface area contributed by atoms with Gasteiger partial charge in [0.2, 0.25) is 0 Å². The summed E-state index contributed by atoms with van der Waals surface area (Å²) in [6.07, 6.45) is 2.28. The number of nitrogens with one attached hydrogen (secondary N) is 2. The molecular weight excluding hydrogens is 380 g/mol. The Morgan fingerprint density at radius 1 is 0.741 bits per heavy atom. The fourth-order valence-electron chi connectivity index (χ4n) is 2.45. The molecule has 0 saturated carbocycles. The maximum atomic E-state index is 5.83. The fourth-order valence-corrected chi connectivity index (χ4v) is 4.02. The van der Waals surface area contributed by atoms with E-state index in [-0.39, 0.29) is 0 Å². The lowest BCUT2D eigenvalue weighted by atomic mass is 10.4. The molecule has 5 nitrogen and oxygen atoms in total. The first-order valence-electron chi connectivity index (χ1n) is 9.72. The Morgan fingerprint density at radius 3 is 1.67 bits per heavy atom. The van der Waals surface area contributed by atoms with E-state index in [9.17, 15) is 0 Å². The van der Waals surface area contributed by atoms with E-state index in [2.05, 4.69) is 35.2 Å². The van der Waals surface area contributed by atoms with Crippen LogP contribution < -0.4 is 20.1 Å². The van der Waals surface area contributed by atoms with Gasteiger partial charge in [-0.15, -0.1) is 22.7 Å². The molecule has 27 heavy (non-hydrogen) atoms. The molecule has 0 aromatic carbocycles. The Kier molecular flexibility index (Phi) is 11.5. The van der Waals surface area contributed by atoms with E-state index in [0.29, 0.717) is 26.4 Å². The molecule has 0 unspecified atom stereocenters. The highest BCUT2D eigenvalue weighted by atomic mass is 32.1. The van der Waals surface area contributed by atoms with E-state index >= 15 is 0 Å². The van der Waals surface area contributed by atoms with Gasteiger partial charge >= 0.3 is 0 Å². The smallest absolute Gasteiger partial charge is 0.134 e. The molecule has 0 saturated heterocycles. The molecule has 0 aliphatic rings. The predicted octanol–water partition coefficient (Wildman–Crippen LogP) is 4.28. The SMILES string of the molecule is CCCNCc1sccc1OCCOCCOc1ccsc1CNCCC. The van der Waals surface area contributed by atoms with Crippen molar-refractivity contribution < 1.29 is 14.2 Å². The van der Waals surface area contributed by atoms with Crippen LogP contribution in [0, 0.1) is 0 Å². The van der Waals surface area contributed by atoms with Gasteiger partial charge in [0.1, 0.15) is 24.7 Å². The Hall–Kier alpha value is -1.12. The molecule has 0 radical (unpaired) electrons. The minimum atomic E-state index is 0.558. The lowest BCUT2D eigenvalue weighted by Crippen LogP contribution is -2.15. The van der Waals surface area contributed by atoms with Gasteiger partial charge in [-0.1, -0.05) is 13.8 Å². The van der Waals surface area contributed by atoms with Crippen LogP contribution in [0.15, 0.2) is 22.9 Å². The summed E-state index contributed by atoms with van der Waals surface area (Å²) in [5, 5.41) is 11.0. The Morgan fingerprint density at radius 2 is 1.22 bits per heavy atom. The third-order valence-corrected chi connectivity index (χ3v) is 5.61. The van der Waals surface area contributed by atoms with Gasteiger partial charge in [0, 0.05) is 13.1 Å². The summed E-state index contributed by atoms with van der Waals surface area (Å²) in [5.74, 6) is 1.93. The first-order chi connectivity index (χ1) is 13.3. The molecule has 0 bridgehead atoms. The summed E-state index contributed by atoms with van der Waals surface area (Å²) in [6, 6.07) is 4.06. The monoisotopic (exact) mass is 412 g/mol. The third kappa shape index (κ3) is 8.62. The van der Waals surface area contributed by atoms with Gasteiger partial charge in [-0.05, 0) is 48.8 Å². The highest BCUT2D eigenvalue weighted by Gasteiger charge is 2.06. The molecule has 0 atom stereocenters. The second-order valence-electron chi connectivity index (χ2n) is 6.08. The van der Waals surface area contributed by atoms with Crippen LogP contribution in [0.2, 0.25) is 0 Å². The summed E-state index contributed by atoms with van der Waals surface area (Å²) < 4.78 is 17.3.